The molecule has 0 bridgehead atoms. The lowest BCUT2D eigenvalue weighted by atomic mass is 10.0. The van der Waals surface area contributed by atoms with Gasteiger partial charge in [0.25, 0.3) is 0 Å². The summed E-state index contributed by atoms with van der Waals surface area (Å²) in [4.78, 5) is -0.825. The van der Waals surface area contributed by atoms with E-state index in [4.69, 9.17) is 11.6 Å². The highest BCUT2D eigenvalue weighted by Crippen LogP contribution is 2.27. The Morgan fingerprint density at radius 1 is 1.56 bits per heavy atom. The highest BCUT2D eigenvalue weighted by Gasteiger charge is 2.28. The Balaban J connectivity index is 2.78. The van der Waals surface area contributed by atoms with Crippen LogP contribution < -0.4 is 0 Å². The van der Waals surface area contributed by atoms with E-state index < -0.39 is 11.0 Å². The molecule has 0 radical (unpaired) electrons. The van der Waals surface area contributed by atoms with Gasteiger partial charge in [-0.2, -0.15) is 0 Å². The standard InChI is InChI=1S/C7H8ClF/c1-7(8)5-3-2-4-6(7)9/h2-6H,1H3/t6?,7-/m1/s1. The van der Waals surface area contributed by atoms with Crippen molar-refractivity contribution >= 4 is 11.6 Å². The summed E-state index contributed by atoms with van der Waals surface area (Å²) < 4.78 is 12.7. The van der Waals surface area contributed by atoms with Gasteiger partial charge >= 0.3 is 0 Å². The molecule has 0 N–H and O–H groups in total. The van der Waals surface area contributed by atoms with Gasteiger partial charge in [-0.05, 0) is 13.0 Å². The van der Waals surface area contributed by atoms with E-state index in [1.807, 2.05) is 0 Å². The average Bonchev–Trinajstić information content (AvgIpc) is 1.77. The Bertz CT molecular complexity index is 158. The molecule has 0 aromatic rings. The topological polar surface area (TPSA) is 0 Å². The van der Waals surface area contributed by atoms with Crippen LogP contribution in [0.2, 0.25) is 0 Å². The van der Waals surface area contributed by atoms with Crippen LogP contribution in [0.15, 0.2) is 24.3 Å². The summed E-state index contributed by atoms with van der Waals surface area (Å²) in [5.74, 6) is 0. The first-order valence-corrected chi connectivity index (χ1v) is 3.20. The minimum atomic E-state index is -1.05. The Kier molecular flexibility index (Phi) is 1.62. The minimum Gasteiger partial charge on any atom is -0.241 e. The van der Waals surface area contributed by atoms with Gasteiger partial charge in [0.15, 0.2) is 0 Å². The van der Waals surface area contributed by atoms with Crippen molar-refractivity contribution in [3.63, 3.8) is 0 Å². The molecule has 0 aromatic carbocycles. The number of rotatable bonds is 0. The van der Waals surface area contributed by atoms with E-state index in [0.717, 1.165) is 0 Å². The van der Waals surface area contributed by atoms with Gasteiger partial charge in [-0.1, -0.05) is 18.2 Å². The summed E-state index contributed by atoms with van der Waals surface area (Å²) in [6, 6.07) is 0. The second-order valence-electron chi connectivity index (χ2n) is 2.30. The molecular formula is C7H8ClF. The Labute approximate surface area is 59.0 Å². The normalized spacial score (nSPS) is 41.4. The Morgan fingerprint density at radius 2 is 2.22 bits per heavy atom. The van der Waals surface area contributed by atoms with E-state index in [0.29, 0.717) is 0 Å². The van der Waals surface area contributed by atoms with Crippen LogP contribution >= 0.6 is 11.6 Å². The van der Waals surface area contributed by atoms with Gasteiger partial charge in [0.2, 0.25) is 0 Å². The molecule has 0 saturated heterocycles. The Hall–Kier alpha value is -0.300. The fraction of sp³-hybridized carbons (Fsp3) is 0.429. The minimum absolute atomic E-state index is 0.825. The van der Waals surface area contributed by atoms with Crippen LogP contribution in [0.5, 0.6) is 0 Å². The van der Waals surface area contributed by atoms with Crippen molar-refractivity contribution in [2.24, 2.45) is 0 Å². The molecule has 1 aliphatic carbocycles. The average molecular weight is 147 g/mol. The summed E-state index contributed by atoms with van der Waals surface area (Å²) in [6.45, 7) is 1.65. The fourth-order valence-electron chi connectivity index (χ4n) is 0.685. The monoisotopic (exact) mass is 146 g/mol. The lowest BCUT2D eigenvalue weighted by molar-refractivity contribution is 0.352. The molecule has 1 unspecified atom stereocenters. The number of halogens is 2. The summed E-state index contributed by atoms with van der Waals surface area (Å²) >= 11 is 5.71. The highest BCUT2D eigenvalue weighted by molar-refractivity contribution is 6.25. The van der Waals surface area contributed by atoms with Gasteiger partial charge in [-0.15, -0.1) is 11.6 Å². The summed E-state index contributed by atoms with van der Waals surface area (Å²) in [6.07, 6.45) is 5.47. The van der Waals surface area contributed by atoms with Gasteiger partial charge < -0.3 is 0 Å². The molecule has 50 valence electrons. The smallest absolute Gasteiger partial charge is 0.141 e. The zero-order chi connectivity index (χ0) is 6.91. The zero-order valence-electron chi connectivity index (χ0n) is 5.14. The van der Waals surface area contributed by atoms with Gasteiger partial charge in [0.1, 0.15) is 6.17 Å². The maximum atomic E-state index is 12.7. The fourth-order valence-corrected chi connectivity index (χ4v) is 0.831. The first-order valence-electron chi connectivity index (χ1n) is 2.82. The second-order valence-corrected chi connectivity index (χ2v) is 3.11. The van der Waals surface area contributed by atoms with Crippen LogP contribution in [0.4, 0.5) is 4.39 Å². The summed E-state index contributed by atoms with van der Waals surface area (Å²) in [5, 5.41) is 0. The number of alkyl halides is 2. The predicted octanol–water partition coefficient (Wildman–Crippen LogP) is 2.45. The Morgan fingerprint density at radius 3 is 2.56 bits per heavy atom. The summed E-state index contributed by atoms with van der Waals surface area (Å²) in [5.41, 5.74) is 0. The largest absolute Gasteiger partial charge is 0.241 e. The van der Waals surface area contributed by atoms with E-state index in [2.05, 4.69) is 0 Å². The lowest BCUT2D eigenvalue weighted by Crippen LogP contribution is -2.27. The van der Waals surface area contributed by atoms with Gasteiger partial charge in [-0.3, -0.25) is 0 Å². The zero-order valence-corrected chi connectivity index (χ0v) is 5.90. The van der Waals surface area contributed by atoms with E-state index in [9.17, 15) is 4.39 Å². The van der Waals surface area contributed by atoms with Crippen molar-refractivity contribution in [1.29, 1.82) is 0 Å². The second kappa shape index (κ2) is 2.14. The van der Waals surface area contributed by atoms with Crippen molar-refractivity contribution in [3.8, 4) is 0 Å². The van der Waals surface area contributed by atoms with Crippen molar-refractivity contribution in [2.75, 3.05) is 0 Å². The number of allylic oxidation sites excluding steroid dienone is 4. The van der Waals surface area contributed by atoms with Crippen molar-refractivity contribution < 1.29 is 4.39 Å². The first kappa shape index (κ1) is 6.81. The van der Waals surface area contributed by atoms with E-state index in [1.165, 1.54) is 6.08 Å². The van der Waals surface area contributed by atoms with Crippen LogP contribution in [0.3, 0.4) is 0 Å². The molecular weight excluding hydrogens is 139 g/mol. The summed E-state index contributed by atoms with van der Waals surface area (Å²) in [7, 11) is 0. The van der Waals surface area contributed by atoms with E-state index in [1.54, 1.807) is 25.2 Å². The molecule has 1 rings (SSSR count). The van der Waals surface area contributed by atoms with Crippen LogP contribution in [0.1, 0.15) is 6.92 Å². The molecule has 9 heavy (non-hydrogen) atoms. The molecule has 0 aromatic heterocycles. The van der Waals surface area contributed by atoms with Crippen LogP contribution in [0, 0.1) is 0 Å². The van der Waals surface area contributed by atoms with Crippen molar-refractivity contribution in [3.05, 3.63) is 24.3 Å². The molecule has 0 saturated carbocycles. The third-order valence-electron chi connectivity index (χ3n) is 1.35. The van der Waals surface area contributed by atoms with Crippen LogP contribution in [-0.4, -0.2) is 11.0 Å². The van der Waals surface area contributed by atoms with Gasteiger partial charge in [0.05, 0.1) is 4.87 Å². The maximum absolute atomic E-state index is 12.7. The SMILES string of the molecule is C[C@@]1(Cl)C=CC=CC1F. The van der Waals surface area contributed by atoms with Crippen LogP contribution in [-0.2, 0) is 0 Å². The quantitative estimate of drug-likeness (QED) is 0.461. The molecule has 0 amide bonds. The van der Waals surface area contributed by atoms with E-state index in [-0.39, 0.29) is 0 Å². The van der Waals surface area contributed by atoms with Gasteiger partial charge in [-0.25, -0.2) is 4.39 Å². The van der Waals surface area contributed by atoms with E-state index >= 15 is 0 Å². The van der Waals surface area contributed by atoms with Gasteiger partial charge in [0, 0.05) is 0 Å². The molecule has 2 atom stereocenters. The van der Waals surface area contributed by atoms with Crippen LogP contribution in [0.25, 0.3) is 0 Å². The molecule has 1 aliphatic rings. The lowest BCUT2D eigenvalue weighted by Gasteiger charge is -2.21. The maximum Gasteiger partial charge on any atom is 0.141 e. The third-order valence-corrected chi connectivity index (χ3v) is 1.69. The molecule has 0 spiro atoms. The van der Waals surface area contributed by atoms with Crippen molar-refractivity contribution in [2.45, 2.75) is 18.0 Å². The molecule has 0 aliphatic heterocycles. The number of hydrogen-bond acceptors (Lipinski definition) is 0. The third kappa shape index (κ3) is 1.33. The van der Waals surface area contributed by atoms with Crippen molar-refractivity contribution in [1.82, 2.24) is 0 Å². The first-order chi connectivity index (χ1) is 4.13. The number of hydrogen-bond donors (Lipinski definition) is 0. The molecule has 0 fully saturated rings. The highest BCUT2D eigenvalue weighted by atomic mass is 35.5. The molecule has 0 nitrogen and oxygen atoms in total. The molecule has 2 heteroatoms. The predicted molar refractivity (Wildman–Crippen MR) is 37.4 cm³/mol. The molecule has 0 heterocycles.